The van der Waals surface area contributed by atoms with Crippen LogP contribution in [0.5, 0.6) is 0 Å². The molecule has 0 bridgehead atoms. The molecule has 2 aromatic rings. The van der Waals surface area contributed by atoms with Crippen LogP contribution in [0.4, 0.5) is 5.69 Å². The van der Waals surface area contributed by atoms with Gasteiger partial charge in [0.15, 0.2) is 0 Å². The fourth-order valence-corrected chi connectivity index (χ4v) is 2.22. The van der Waals surface area contributed by atoms with Crippen LogP contribution in [0.1, 0.15) is 33.6 Å². The molecule has 0 aromatic heterocycles. The van der Waals surface area contributed by atoms with Crippen LogP contribution in [0.3, 0.4) is 0 Å². The van der Waals surface area contributed by atoms with Crippen molar-refractivity contribution in [2.45, 2.75) is 12.8 Å². The lowest BCUT2D eigenvalue weighted by Crippen LogP contribution is -2.25. The molecular weight excluding hydrogens is 318 g/mol. The summed E-state index contributed by atoms with van der Waals surface area (Å²) in [6.07, 6.45) is 0.840. The highest BCUT2D eigenvalue weighted by Crippen LogP contribution is 2.10. The fraction of sp³-hybridized carbons (Fsp3) is 0.211. The Kier molecular flexibility index (Phi) is 6.71. The molecule has 25 heavy (non-hydrogen) atoms. The highest BCUT2D eigenvalue weighted by molar-refractivity contribution is 5.96. The van der Waals surface area contributed by atoms with E-state index in [-0.39, 0.29) is 17.7 Å². The lowest BCUT2D eigenvalue weighted by Gasteiger charge is -2.07. The van der Waals surface area contributed by atoms with Crippen LogP contribution in [0.15, 0.2) is 54.6 Å². The molecule has 0 atom stereocenters. The molecular formula is C19H21N3O3. The van der Waals surface area contributed by atoms with Crippen LogP contribution in [0.2, 0.25) is 0 Å². The summed E-state index contributed by atoms with van der Waals surface area (Å²) >= 11 is 0. The number of carbonyl (C=O) groups is 3. The van der Waals surface area contributed by atoms with Crippen molar-refractivity contribution in [3.05, 3.63) is 65.7 Å². The highest BCUT2D eigenvalue weighted by atomic mass is 16.2. The standard InChI is InChI=1S/C19H21N3O3/c1-20-18(24)15-9-11-16(12-10-15)22-17(23)8-5-13-21-19(25)14-6-3-2-4-7-14/h2-4,6-7,9-12H,5,8,13H2,1H3,(H,20,24)(H,21,25)(H,22,23). The van der Waals surface area contributed by atoms with Gasteiger partial charge in [0.1, 0.15) is 0 Å². The van der Waals surface area contributed by atoms with Crippen molar-refractivity contribution in [3.63, 3.8) is 0 Å². The van der Waals surface area contributed by atoms with Crippen molar-refractivity contribution in [3.8, 4) is 0 Å². The minimum Gasteiger partial charge on any atom is -0.355 e. The van der Waals surface area contributed by atoms with Gasteiger partial charge in [0.2, 0.25) is 5.91 Å². The van der Waals surface area contributed by atoms with Gasteiger partial charge in [-0.3, -0.25) is 14.4 Å². The molecule has 0 unspecified atom stereocenters. The summed E-state index contributed by atoms with van der Waals surface area (Å²) in [6.45, 7) is 0.427. The van der Waals surface area contributed by atoms with Crippen molar-refractivity contribution in [1.29, 1.82) is 0 Å². The van der Waals surface area contributed by atoms with Gasteiger partial charge in [-0.1, -0.05) is 18.2 Å². The van der Waals surface area contributed by atoms with E-state index in [1.165, 1.54) is 0 Å². The van der Waals surface area contributed by atoms with Gasteiger partial charge in [0, 0.05) is 36.8 Å². The Balaban J connectivity index is 1.70. The normalized spacial score (nSPS) is 9.96. The average molecular weight is 339 g/mol. The van der Waals surface area contributed by atoms with Gasteiger partial charge in [0.05, 0.1) is 0 Å². The molecule has 0 aliphatic carbocycles. The first-order valence-corrected chi connectivity index (χ1v) is 8.05. The second-order valence-corrected chi connectivity index (χ2v) is 5.43. The van der Waals surface area contributed by atoms with Crippen LogP contribution in [0.25, 0.3) is 0 Å². The summed E-state index contributed by atoms with van der Waals surface area (Å²) in [5, 5.41) is 8.08. The van der Waals surface area contributed by atoms with E-state index < -0.39 is 0 Å². The number of amides is 3. The highest BCUT2D eigenvalue weighted by Gasteiger charge is 2.06. The summed E-state index contributed by atoms with van der Waals surface area (Å²) in [6, 6.07) is 15.6. The molecule has 0 aliphatic rings. The van der Waals surface area contributed by atoms with Crippen molar-refractivity contribution in [2.24, 2.45) is 0 Å². The molecule has 3 N–H and O–H groups in total. The molecule has 2 aromatic carbocycles. The zero-order chi connectivity index (χ0) is 18.1. The van der Waals surface area contributed by atoms with Crippen LogP contribution >= 0.6 is 0 Å². The Hall–Kier alpha value is -3.15. The van der Waals surface area contributed by atoms with Crippen molar-refractivity contribution in [1.82, 2.24) is 10.6 Å². The summed E-state index contributed by atoms with van der Waals surface area (Å²) in [5.41, 5.74) is 1.76. The van der Waals surface area contributed by atoms with E-state index in [4.69, 9.17) is 0 Å². The summed E-state index contributed by atoms with van der Waals surface area (Å²) < 4.78 is 0. The van der Waals surface area contributed by atoms with Crippen LogP contribution in [-0.4, -0.2) is 31.3 Å². The van der Waals surface area contributed by atoms with Gasteiger partial charge in [-0.05, 0) is 42.8 Å². The van der Waals surface area contributed by atoms with Crippen molar-refractivity contribution < 1.29 is 14.4 Å². The minimum atomic E-state index is -0.174. The van der Waals surface area contributed by atoms with Gasteiger partial charge in [0.25, 0.3) is 11.8 Å². The summed E-state index contributed by atoms with van der Waals surface area (Å²) in [5.74, 6) is -0.459. The van der Waals surface area contributed by atoms with Gasteiger partial charge in [-0.2, -0.15) is 0 Å². The zero-order valence-corrected chi connectivity index (χ0v) is 14.0. The fourth-order valence-electron chi connectivity index (χ4n) is 2.22. The number of nitrogens with one attached hydrogen (secondary N) is 3. The average Bonchev–Trinajstić information content (AvgIpc) is 2.65. The number of hydrogen-bond acceptors (Lipinski definition) is 3. The molecule has 0 fully saturated rings. The third-order valence-corrected chi connectivity index (χ3v) is 3.56. The maximum Gasteiger partial charge on any atom is 0.251 e. The van der Waals surface area contributed by atoms with E-state index in [0.29, 0.717) is 36.2 Å². The van der Waals surface area contributed by atoms with Crippen molar-refractivity contribution in [2.75, 3.05) is 18.9 Å². The predicted molar refractivity (Wildman–Crippen MR) is 96.5 cm³/mol. The molecule has 0 heterocycles. The molecule has 6 nitrogen and oxygen atoms in total. The first-order valence-electron chi connectivity index (χ1n) is 8.05. The second kappa shape index (κ2) is 9.22. The maximum atomic E-state index is 11.9. The molecule has 0 radical (unpaired) electrons. The molecule has 2 rings (SSSR count). The van der Waals surface area contributed by atoms with Crippen LogP contribution < -0.4 is 16.0 Å². The molecule has 0 spiro atoms. The predicted octanol–water partition coefficient (Wildman–Crippen LogP) is 2.19. The molecule has 130 valence electrons. The summed E-state index contributed by atoms with van der Waals surface area (Å²) in [4.78, 5) is 35.2. The van der Waals surface area contributed by atoms with Gasteiger partial charge in [-0.25, -0.2) is 0 Å². The number of hydrogen-bond donors (Lipinski definition) is 3. The van der Waals surface area contributed by atoms with E-state index in [1.54, 1.807) is 55.6 Å². The van der Waals surface area contributed by atoms with E-state index in [0.717, 1.165) is 0 Å². The Labute approximate surface area is 146 Å². The SMILES string of the molecule is CNC(=O)c1ccc(NC(=O)CCCNC(=O)c2ccccc2)cc1. The Bertz CT molecular complexity index is 727. The number of anilines is 1. The largest absolute Gasteiger partial charge is 0.355 e. The Morgan fingerprint density at radius 1 is 0.840 bits per heavy atom. The number of rotatable bonds is 7. The lowest BCUT2D eigenvalue weighted by atomic mass is 10.2. The first kappa shape index (κ1) is 18.2. The summed E-state index contributed by atoms with van der Waals surface area (Å²) in [7, 11) is 1.56. The zero-order valence-electron chi connectivity index (χ0n) is 14.0. The molecule has 0 aliphatic heterocycles. The van der Waals surface area contributed by atoms with Gasteiger partial charge >= 0.3 is 0 Å². The number of benzene rings is 2. The number of carbonyl (C=O) groups excluding carboxylic acids is 3. The molecule has 0 saturated heterocycles. The quantitative estimate of drug-likeness (QED) is 0.676. The topological polar surface area (TPSA) is 87.3 Å². The van der Waals surface area contributed by atoms with E-state index in [1.807, 2.05) is 6.07 Å². The second-order valence-electron chi connectivity index (χ2n) is 5.43. The third-order valence-electron chi connectivity index (χ3n) is 3.56. The third kappa shape index (κ3) is 5.76. The first-order chi connectivity index (χ1) is 12.1. The smallest absolute Gasteiger partial charge is 0.251 e. The van der Waals surface area contributed by atoms with Crippen LogP contribution in [0, 0.1) is 0 Å². The van der Waals surface area contributed by atoms with E-state index in [2.05, 4.69) is 16.0 Å². The monoisotopic (exact) mass is 339 g/mol. The van der Waals surface area contributed by atoms with Gasteiger partial charge < -0.3 is 16.0 Å². The van der Waals surface area contributed by atoms with E-state index in [9.17, 15) is 14.4 Å². The van der Waals surface area contributed by atoms with Crippen molar-refractivity contribution >= 4 is 23.4 Å². The maximum absolute atomic E-state index is 11.9. The van der Waals surface area contributed by atoms with Crippen LogP contribution in [-0.2, 0) is 4.79 Å². The Morgan fingerprint density at radius 2 is 1.48 bits per heavy atom. The molecule has 3 amide bonds. The molecule has 0 saturated carbocycles. The minimum absolute atomic E-state index is 0.137. The lowest BCUT2D eigenvalue weighted by molar-refractivity contribution is -0.116. The molecule has 6 heteroatoms. The Morgan fingerprint density at radius 3 is 2.12 bits per heavy atom. The van der Waals surface area contributed by atoms with E-state index >= 15 is 0 Å². The van der Waals surface area contributed by atoms with Gasteiger partial charge in [-0.15, -0.1) is 0 Å².